The molecule has 0 aliphatic heterocycles. The standard InChI is InChI=1S/C16H29N3S/c1-16(2,3)17-12-6-9-14-18-19-15(20-14)11-10-13-7-4-5-8-13/h13,17H,4-12H2,1-3H3. The van der Waals surface area contributed by atoms with Crippen LogP contribution in [-0.4, -0.2) is 22.3 Å². The molecule has 0 saturated heterocycles. The summed E-state index contributed by atoms with van der Waals surface area (Å²) >= 11 is 1.82. The van der Waals surface area contributed by atoms with E-state index in [1.165, 1.54) is 42.1 Å². The monoisotopic (exact) mass is 295 g/mol. The predicted molar refractivity (Wildman–Crippen MR) is 86.3 cm³/mol. The average Bonchev–Trinajstić information content (AvgIpc) is 3.02. The van der Waals surface area contributed by atoms with Crippen LogP contribution in [0.4, 0.5) is 0 Å². The molecule has 1 aliphatic rings. The average molecular weight is 295 g/mol. The number of aryl methyl sites for hydroxylation is 2. The van der Waals surface area contributed by atoms with Gasteiger partial charge >= 0.3 is 0 Å². The summed E-state index contributed by atoms with van der Waals surface area (Å²) in [5.74, 6) is 0.957. The molecule has 0 amide bonds. The zero-order valence-electron chi connectivity index (χ0n) is 13.2. The van der Waals surface area contributed by atoms with Crippen molar-refractivity contribution in [2.75, 3.05) is 6.54 Å². The molecule has 0 radical (unpaired) electrons. The topological polar surface area (TPSA) is 37.8 Å². The Morgan fingerprint density at radius 1 is 1.10 bits per heavy atom. The summed E-state index contributed by atoms with van der Waals surface area (Å²) in [5.41, 5.74) is 0.216. The predicted octanol–water partition coefficient (Wildman–Crippen LogP) is 3.98. The Labute approximate surface area is 127 Å². The molecule has 1 fully saturated rings. The molecule has 1 N–H and O–H groups in total. The molecule has 114 valence electrons. The van der Waals surface area contributed by atoms with E-state index < -0.39 is 0 Å². The lowest BCUT2D eigenvalue weighted by molar-refractivity contribution is 0.422. The third-order valence-electron chi connectivity index (χ3n) is 3.97. The van der Waals surface area contributed by atoms with E-state index in [1.54, 1.807) is 0 Å². The van der Waals surface area contributed by atoms with Crippen LogP contribution in [0.5, 0.6) is 0 Å². The van der Waals surface area contributed by atoms with Gasteiger partial charge in [0.15, 0.2) is 0 Å². The summed E-state index contributed by atoms with van der Waals surface area (Å²) in [5, 5.41) is 14.7. The summed E-state index contributed by atoms with van der Waals surface area (Å²) in [4.78, 5) is 0. The third kappa shape index (κ3) is 5.88. The van der Waals surface area contributed by atoms with Crippen LogP contribution >= 0.6 is 11.3 Å². The fourth-order valence-corrected chi connectivity index (χ4v) is 3.72. The minimum Gasteiger partial charge on any atom is -0.312 e. The third-order valence-corrected chi connectivity index (χ3v) is 5.02. The molecule has 1 aromatic rings. The minimum atomic E-state index is 0.216. The number of rotatable bonds is 7. The van der Waals surface area contributed by atoms with E-state index in [0.717, 1.165) is 31.7 Å². The highest BCUT2D eigenvalue weighted by Gasteiger charge is 2.15. The van der Waals surface area contributed by atoms with Crippen molar-refractivity contribution in [2.24, 2.45) is 5.92 Å². The first-order valence-electron chi connectivity index (χ1n) is 8.09. The smallest absolute Gasteiger partial charge is 0.117 e. The normalized spacial score (nSPS) is 16.9. The van der Waals surface area contributed by atoms with Gasteiger partial charge in [-0.2, -0.15) is 0 Å². The van der Waals surface area contributed by atoms with Crippen molar-refractivity contribution in [2.45, 2.75) is 77.7 Å². The highest BCUT2D eigenvalue weighted by Crippen LogP contribution is 2.29. The van der Waals surface area contributed by atoms with Gasteiger partial charge in [0.25, 0.3) is 0 Å². The van der Waals surface area contributed by atoms with Crippen molar-refractivity contribution in [1.82, 2.24) is 15.5 Å². The summed E-state index contributed by atoms with van der Waals surface area (Å²) in [6, 6.07) is 0. The molecule has 1 heterocycles. The Morgan fingerprint density at radius 2 is 1.75 bits per heavy atom. The lowest BCUT2D eigenvalue weighted by atomic mass is 10.0. The Balaban J connectivity index is 1.64. The van der Waals surface area contributed by atoms with Crippen LogP contribution in [0.2, 0.25) is 0 Å². The SMILES string of the molecule is CC(C)(C)NCCCc1nnc(CCC2CCCC2)s1. The molecule has 0 atom stereocenters. The molecule has 3 nitrogen and oxygen atoms in total. The number of aromatic nitrogens is 2. The summed E-state index contributed by atoms with van der Waals surface area (Å²) in [6.07, 6.45) is 10.4. The largest absolute Gasteiger partial charge is 0.312 e. The van der Waals surface area contributed by atoms with E-state index in [2.05, 4.69) is 36.3 Å². The van der Waals surface area contributed by atoms with Crippen LogP contribution in [0, 0.1) is 5.92 Å². The second-order valence-electron chi connectivity index (χ2n) is 7.06. The molecule has 0 unspecified atom stereocenters. The van der Waals surface area contributed by atoms with Gasteiger partial charge in [0.05, 0.1) is 0 Å². The van der Waals surface area contributed by atoms with Crippen molar-refractivity contribution < 1.29 is 0 Å². The molecule has 1 aliphatic carbocycles. The second-order valence-corrected chi connectivity index (χ2v) is 8.21. The van der Waals surface area contributed by atoms with Gasteiger partial charge in [0, 0.05) is 18.4 Å². The fourth-order valence-electron chi connectivity index (χ4n) is 2.82. The fraction of sp³-hybridized carbons (Fsp3) is 0.875. The van der Waals surface area contributed by atoms with Gasteiger partial charge in [-0.3, -0.25) is 0 Å². The molecule has 1 saturated carbocycles. The van der Waals surface area contributed by atoms with Crippen LogP contribution in [0.25, 0.3) is 0 Å². The second kappa shape index (κ2) is 7.51. The van der Waals surface area contributed by atoms with E-state index in [9.17, 15) is 0 Å². The summed E-state index contributed by atoms with van der Waals surface area (Å²) in [6.45, 7) is 7.68. The van der Waals surface area contributed by atoms with Crippen LogP contribution < -0.4 is 5.32 Å². The van der Waals surface area contributed by atoms with E-state index >= 15 is 0 Å². The van der Waals surface area contributed by atoms with E-state index in [4.69, 9.17) is 0 Å². The van der Waals surface area contributed by atoms with Crippen molar-refractivity contribution >= 4 is 11.3 Å². The molecule has 2 rings (SSSR count). The highest BCUT2D eigenvalue weighted by atomic mass is 32.1. The van der Waals surface area contributed by atoms with E-state index in [0.29, 0.717) is 0 Å². The number of nitrogens with zero attached hydrogens (tertiary/aromatic N) is 2. The molecule has 20 heavy (non-hydrogen) atoms. The zero-order chi connectivity index (χ0) is 14.4. The van der Waals surface area contributed by atoms with Crippen LogP contribution in [0.1, 0.15) is 69.3 Å². The molecular weight excluding hydrogens is 266 g/mol. The van der Waals surface area contributed by atoms with Gasteiger partial charge in [-0.1, -0.05) is 25.7 Å². The summed E-state index contributed by atoms with van der Waals surface area (Å²) < 4.78 is 0. The van der Waals surface area contributed by atoms with Crippen molar-refractivity contribution in [1.29, 1.82) is 0 Å². The quantitative estimate of drug-likeness (QED) is 0.773. The lowest BCUT2D eigenvalue weighted by Crippen LogP contribution is -2.36. The number of hydrogen-bond donors (Lipinski definition) is 1. The van der Waals surface area contributed by atoms with E-state index in [-0.39, 0.29) is 5.54 Å². The van der Waals surface area contributed by atoms with Crippen molar-refractivity contribution in [3.63, 3.8) is 0 Å². The maximum atomic E-state index is 4.35. The van der Waals surface area contributed by atoms with Crippen LogP contribution in [0.15, 0.2) is 0 Å². The molecule has 4 heteroatoms. The van der Waals surface area contributed by atoms with Gasteiger partial charge in [0.2, 0.25) is 0 Å². The van der Waals surface area contributed by atoms with Gasteiger partial charge in [-0.25, -0.2) is 0 Å². The molecule has 0 spiro atoms. The minimum absolute atomic E-state index is 0.216. The first kappa shape index (κ1) is 15.9. The zero-order valence-corrected chi connectivity index (χ0v) is 14.1. The Hall–Kier alpha value is -0.480. The highest BCUT2D eigenvalue weighted by molar-refractivity contribution is 7.11. The summed E-state index contributed by atoms with van der Waals surface area (Å²) in [7, 11) is 0. The molecule has 0 aromatic carbocycles. The van der Waals surface area contributed by atoms with Gasteiger partial charge in [-0.05, 0) is 46.1 Å². The Morgan fingerprint density at radius 3 is 2.40 bits per heavy atom. The van der Waals surface area contributed by atoms with Gasteiger partial charge in [0.1, 0.15) is 10.0 Å². The maximum Gasteiger partial charge on any atom is 0.117 e. The Kier molecular flexibility index (Phi) is 5.97. The van der Waals surface area contributed by atoms with Crippen molar-refractivity contribution in [3.8, 4) is 0 Å². The molecule has 1 aromatic heterocycles. The lowest BCUT2D eigenvalue weighted by Gasteiger charge is -2.20. The first-order valence-corrected chi connectivity index (χ1v) is 8.91. The number of hydrogen-bond acceptors (Lipinski definition) is 4. The Bertz CT molecular complexity index is 389. The molecule has 0 bridgehead atoms. The van der Waals surface area contributed by atoms with Crippen LogP contribution in [-0.2, 0) is 12.8 Å². The van der Waals surface area contributed by atoms with Crippen molar-refractivity contribution in [3.05, 3.63) is 10.0 Å². The molecular formula is C16H29N3S. The first-order chi connectivity index (χ1) is 9.53. The van der Waals surface area contributed by atoms with Crippen LogP contribution in [0.3, 0.4) is 0 Å². The maximum absolute atomic E-state index is 4.35. The van der Waals surface area contributed by atoms with Gasteiger partial charge < -0.3 is 5.32 Å². The number of nitrogens with one attached hydrogen (secondary N) is 1. The van der Waals surface area contributed by atoms with E-state index in [1.807, 2.05) is 11.3 Å². The van der Waals surface area contributed by atoms with Gasteiger partial charge in [-0.15, -0.1) is 21.5 Å².